The van der Waals surface area contributed by atoms with Gasteiger partial charge in [-0.25, -0.2) is 0 Å². The molecule has 0 spiro atoms. The molecule has 0 unspecified atom stereocenters. The Morgan fingerprint density at radius 1 is 0.952 bits per heavy atom. The van der Waals surface area contributed by atoms with Crippen LogP contribution in [0.25, 0.3) is 0 Å². The molecular weight excluding hydrogens is 340 g/mol. The Morgan fingerprint density at radius 2 is 1.48 bits per heavy atom. The third-order valence-corrected chi connectivity index (χ3v) is 4.23. The minimum atomic E-state index is -4.00. The minimum absolute atomic E-state index is 0.0741. The van der Waals surface area contributed by atoms with E-state index in [-0.39, 0.29) is 4.90 Å². The molecule has 0 aliphatic rings. The number of hydrogen-bond acceptors (Lipinski definition) is 3. The van der Waals surface area contributed by atoms with Crippen LogP contribution in [0.15, 0.2) is 35.2 Å². The van der Waals surface area contributed by atoms with Crippen molar-refractivity contribution in [1.29, 1.82) is 0 Å². The number of hydrogen-bond donors (Lipinski definition) is 2. The van der Waals surface area contributed by atoms with Gasteiger partial charge in [0, 0.05) is 0 Å². The van der Waals surface area contributed by atoms with Crippen molar-refractivity contribution in [3.05, 3.63) is 30.3 Å². The molecule has 1 rings (SSSR count). The smallest absolute Gasteiger partial charge is 0.282 e. The van der Waals surface area contributed by atoms with Crippen LogP contribution in [0.2, 0.25) is 5.32 Å². The van der Waals surface area contributed by atoms with E-state index in [2.05, 4.69) is 6.92 Å². The Morgan fingerprint density at radius 3 is 1.90 bits per heavy atom. The second-order valence-electron chi connectivity index (χ2n) is 4.66. The van der Waals surface area contributed by atoms with E-state index < -0.39 is 10.1 Å². The predicted octanol–water partition coefficient (Wildman–Crippen LogP) is 4.08. The first-order chi connectivity index (χ1) is 10.0. The molecule has 4 nitrogen and oxygen atoms in total. The molecule has 127 valence electrons. The Bertz CT molecular complexity index is 426. The van der Waals surface area contributed by atoms with Crippen LogP contribution in [0.5, 0.6) is 0 Å². The van der Waals surface area contributed by atoms with Crippen molar-refractivity contribution in [1.82, 2.24) is 0 Å². The summed E-state index contributed by atoms with van der Waals surface area (Å²) in [7, 11) is -4.00. The normalized spacial score (nSPS) is 11.0. The standard InChI is InChI=1S/C9H19.C6H6O3S.Cu.H2O/c1-3-5-7-9-8-6-4-2;7-10(8,9)6-4-2-1-3-5-6;;/h1,3-9H2,2H3;1-5H,(H,7,8,9);;1H2/q;;+1;/p-1. The van der Waals surface area contributed by atoms with Crippen molar-refractivity contribution in [3.63, 3.8) is 0 Å². The molecule has 0 saturated heterocycles. The summed E-state index contributed by atoms with van der Waals surface area (Å²) < 4.78 is 37.7. The van der Waals surface area contributed by atoms with Crippen molar-refractivity contribution < 1.29 is 32.4 Å². The fourth-order valence-electron chi connectivity index (χ4n) is 1.67. The van der Waals surface area contributed by atoms with Gasteiger partial charge in [-0.2, -0.15) is 8.42 Å². The van der Waals surface area contributed by atoms with Gasteiger partial charge in [-0.05, 0) is 12.1 Å². The summed E-state index contributed by atoms with van der Waals surface area (Å²) in [6.07, 6.45) is 9.28. The number of unbranched alkanes of at least 4 members (excludes halogenated alkanes) is 6. The van der Waals surface area contributed by atoms with Gasteiger partial charge < -0.3 is 0 Å². The molecule has 0 fully saturated rings. The zero-order valence-electron chi connectivity index (χ0n) is 12.5. The Labute approximate surface area is 135 Å². The Balaban J connectivity index is 0.000000382. The molecule has 6 heteroatoms. The number of rotatable bonds is 9. The van der Waals surface area contributed by atoms with E-state index in [9.17, 15) is 8.42 Å². The van der Waals surface area contributed by atoms with E-state index in [1.807, 2.05) is 0 Å². The summed E-state index contributed by atoms with van der Waals surface area (Å²) in [6.45, 7) is 2.24. The zero-order valence-corrected chi connectivity index (χ0v) is 14.2. The van der Waals surface area contributed by atoms with E-state index in [1.165, 1.54) is 57.1 Å². The van der Waals surface area contributed by atoms with Crippen LogP contribution in [0, 0.1) is 0 Å². The summed E-state index contributed by atoms with van der Waals surface area (Å²) in [5.41, 5.74) is 0. The van der Waals surface area contributed by atoms with Crippen LogP contribution in [0.4, 0.5) is 0 Å². The third kappa shape index (κ3) is 13.0. The SMILES string of the molecule is CCCCCCCC[CH2][Cu][OH].O=S(=O)(O)c1ccccc1. The molecule has 1 aromatic carbocycles. The van der Waals surface area contributed by atoms with Crippen LogP contribution in [-0.4, -0.2) is 17.2 Å². The molecule has 21 heavy (non-hydrogen) atoms. The summed E-state index contributed by atoms with van der Waals surface area (Å²) in [6, 6.07) is 7.42. The monoisotopic (exact) mass is 365 g/mol. The topological polar surface area (TPSA) is 74.6 Å². The maximum Gasteiger partial charge on any atom is 0.294 e. The molecule has 0 radical (unpaired) electrons. The van der Waals surface area contributed by atoms with Gasteiger partial charge in [0.2, 0.25) is 0 Å². The van der Waals surface area contributed by atoms with Crippen LogP contribution >= 0.6 is 0 Å². The van der Waals surface area contributed by atoms with Crippen molar-refractivity contribution in [3.8, 4) is 0 Å². The fourth-order valence-corrected chi connectivity index (χ4v) is 2.56. The van der Waals surface area contributed by atoms with Gasteiger partial charge in [-0.15, -0.1) is 0 Å². The maximum atomic E-state index is 10.4. The Hall–Kier alpha value is -0.391. The maximum absolute atomic E-state index is 10.4. The molecule has 0 aliphatic carbocycles. The van der Waals surface area contributed by atoms with Gasteiger partial charge >= 0.3 is 76.7 Å². The van der Waals surface area contributed by atoms with Crippen LogP contribution < -0.4 is 0 Å². The Kier molecular flexibility index (Phi) is 13.0. The van der Waals surface area contributed by atoms with E-state index in [0.717, 1.165) is 20.6 Å². The molecule has 0 heterocycles. The molecule has 0 aliphatic heterocycles. The van der Waals surface area contributed by atoms with Crippen molar-refractivity contribution in [2.24, 2.45) is 0 Å². The molecule has 0 amide bonds. The number of benzene rings is 1. The molecule has 0 aromatic heterocycles. The molecule has 0 saturated carbocycles. The van der Waals surface area contributed by atoms with Crippen LogP contribution in [-0.2, 0) is 25.4 Å². The second-order valence-corrected chi connectivity index (χ2v) is 6.85. The van der Waals surface area contributed by atoms with Crippen LogP contribution in [0.1, 0.15) is 51.9 Å². The van der Waals surface area contributed by atoms with Gasteiger partial charge in [0.1, 0.15) is 0 Å². The third-order valence-electron chi connectivity index (χ3n) is 2.82. The second kappa shape index (κ2) is 13.3. The van der Waals surface area contributed by atoms with E-state index in [4.69, 9.17) is 8.74 Å². The van der Waals surface area contributed by atoms with E-state index in [1.54, 1.807) is 18.2 Å². The average molecular weight is 366 g/mol. The zero-order chi connectivity index (χ0) is 16.0. The first kappa shape index (κ1) is 20.6. The summed E-state index contributed by atoms with van der Waals surface area (Å²) in [5, 5.41) is 0.900. The fraction of sp³-hybridized carbons (Fsp3) is 0.600. The van der Waals surface area contributed by atoms with Gasteiger partial charge in [0.05, 0.1) is 4.90 Å². The van der Waals surface area contributed by atoms with Gasteiger partial charge in [-0.3, -0.25) is 4.55 Å². The van der Waals surface area contributed by atoms with E-state index in [0.29, 0.717) is 0 Å². The van der Waals surface area contributed by atoms with Gasteiger partial charge in [0.15, 0.2) is 0 Å². The van der Waals surface area contributed by atoms with Crippen molar-refractivity contribution in [2.45, 2.75) is 62.1 Å². The first-order valence-electron chi connectivity index (χ1n) is 7.19. The van der Waals surface area contributed by atoms with Crippen molar-refractivity contribution in [2.75, 3.05) is 0 Å². The summed E-state index contributed by atoms with van der Waals surface area (Å²) in [5.74, 6) is 0. The molecule has 1 aromatic rings. The summed E-state index contributed by atoms with van der Waals surface area (Å²) >= 11 is 1.04. The largest absolute Gasteiger partial charge is 0.294 e. The minimum Gasteiger partial charge on any atom is -0.282 e. The van der Waals surface area contributed by atoms with Gasteiger partial charge in [0.25, 0.3) is 10.1 Å². The molecular formula is C15H26CuO4S. The molecule has 0 bridgehead atoms. The molecule has 2 N–H and O–H groups in total. The summed E-state index contributed by atoms with van der Waals surface area (Å²) in [4.78, 5) is -0.0741. The van der Waals surface area contributed by atoms with Crippen molar-refractivity contribution >= 4 is 10.1 Å². The quantitative estimate of drug-likeness (QED) is 0.393. The first-order valence-corrected chi connectivity index (χ1v) is 9.71. The average Bonchev–Trinajstić information content (AvgIpc) is 2.47. The van der Waals surface area contributed by atoms with Crippen LogP contribution in [0.3, 0.4) is 0 Å². The van der Waals surface area contributed by atoms with Gasteiger partial charge in [-0.1, -0.05) is 18.2 Å². The predicted molar refractivity (Wildman–Crippen MR) is 81.3 cm³/mol. The van der Waals surface area contributed by atoms with E-state index >= 15 is 0 Å². The molecule has 0 atom stereocenters.